The van der Waals surface area contributed by atoms with E-state index >= 15 is 0 Å². The molecule has 0 fully saturated rings. The predicted molar refractivity (Wildman–Crippen MR) is 81.9 cm³/mol. The third-order valence-corrected chi connectivity index (χ3v) is 3.19. The van der Waals surface area contributed by atoms with Crippen molar-refractivity contribution < 1.29 is 14.0 Å². The van der Waals surface area contributed by atoms with Crippen molar-refractivity contribution in [2.75, 3.05) is 18.0 Å². The molecule has 2 amide bonds. The monoisotopic (exact) mass is 314 g/mol. The van der Waals surface area contributed by atoms with Gasteiger partial charge >= 0.3 is 0 Å². The maximum Gasteiger partial charge on any atom is 0.225 e. The van der Waals surface area contributed by atoms with E-state index in [-0.39, 0.29) is 16.8 Å². The van der Waals surface area contributed by atoms with Crippen LogP contribution in [0.4, 0.5) is 10.1 Å². The summed E-state index contributed by atoms with van der Waals surface area (Å²) in [5, 5.41) is 2.72. The van der Waals surface area contributed by atoms with E-state index in [9.17, 15) is 14.0 Å². The summed E-state index contributed by atoms with van der Waals surface area (Å²) in [4.78, 5) is 24.9. The van der Waals surface area contributed by atoms with Gasteiger partial charge in [0.25, 0.3) is 0 Å². The summed E-state index contributed by atoms with van der Waals surface area (Å²) in [6.07, 6.45) is 0. The van der Waals surface area contributed by atoms with E-state index in [1.165, 1.54) is 30.0 Å². The lowest BCUT2D eigenvalue weighted by atomic mass is 9.96. The van der Waals surface area contributed by atoms with Gasteiger partial charge in [0.05, 0.1) is 5.02 Å². The Hall–Kier alpha value is -1.62. The molecule has 1 aromatic carbocycles. The first kappa shape index (κ1) is 17.4. The highest BCUT2D eigenvalue weighted by atomic mass is 35.5. The number of benzene rings is 1. The molecular formula is C15H20ClFN2O2. The van der Waals surface area contributed by atoms with E-state index in [0.717, 1.165) is 0 Å². The van der Waals surface area contributed by atoms with Gasteiger partial charge in [-0.2, -0.15) is 0 Å². The van der Waals surface area contributed by atoms with Crippen molar-refractivity contribution in [3.63, 3.8) is 0 Å². The maximum absolute atomic E-state index is 13.2. The van der Waals surface area contributed by atoms with Crippen LogP contribution in [0.3, 0.4) is 0 Å². The SMILES string of the molecule is CC(=O)N(CCNC(=O)C(C)(C)C)c1ccc(F)c(Cl)c1. The number of nitrogens with one attached hydrogen (secondary N) is 1. The molecule has 1 N–H and O–H groups in total. The number of hydrogen-bond donors (Lipinski definition) is 1. The quantitative estimate of drug-likeness (QED) is 0.928. The molecule has 116 valence electrons. The van der Waals surface area contributed by atoms with Crippen LogP contribution >= 0.6 is 11.6 Å². The largest absolute Gasteiger partial charge is 0.354 e. The Balaban J connectivity index is 2.73. The Morgan fingerprint density at radius 2 is 1.95 bits per heavy atom. The first-order valence-corrected chi connectivity index (χ1v) is 7.02. The Bertz CT molecular complexity index is 541. The van der Waals surface area contributed by atoms with E-state index < -0.39 is 11.2 Å². The number of nitrogens with zero attached hydrogens (tertiary/aromatic N) is 1. The Labute approximate surface area is 129 Å². The van der Waals surface area contributed by atoms with Crippen LogP contribution in [0.25, 0.3) is 0 Å². The van der Waals surface area contributed by atoms with Crippen LogP contribution in [0.15, 0.2) is 18.2 Å². The van der Waals surface area contributed by atoms with Crippen molar-refractivity contribution in [2.24, 2.45) is 5.41 Å². The summed E-state index contributed by atoms with van der Waals surface area (Å²) in [6, 6.07) is 4.08. The molecule has 1 rings (SSSR count). The molecule has 0 aliphatic heterocycles. The molecule has 6 heteroatoms. The second kappa shape index (κ2) is 6.89. The zero-order chi connectivity index (χ0) is 16.2. The zero-order valence-electron chi connectivity index (χ0n) is 12.7. The second-order valence-corrected chi connectivity index (χ2v) is 6.18. The first-order chi connectivity index (χ1) is 9.62. The number of halogens is 2. The summed E-state index contributed by atoms with van der Waals surface area (Å²) in [7, 11) is 0. The fraction of sp³-hybridized carbons (Fsp3) is 0.467. The molecule has 0 aromatic heterocycles. The van der Waals surface area contributed by atoms with Gasteiger partial charge < -0.3 is 10.2 Å². The van der Waals surface area contributed by atoms with E-state index in [1.54, 1.807) is 0 Å². The third-order valence-electron chi connectivity index (χ3n) is 2.90. The van der Waals surface area contributed by atoms with Crippen LogP contribution in [0, 0.1) is 11.2 Å². The minimum atomic E-state index is -0.537. The third kappa shape index (κ3) is 5.01. The molecule has 0 aliphatic carbocycles. The van der Waals surface area contributed by atoms with Gasteiger partial charge in [-0.05, 0) is 18.2 Å². The molecule has 0 bridgehead atoms. The molecule has 0 heterocycles. The summed E-state index contributed by atoms with van der Waals surface area (Å²) in [6.45, 7) is 7.44. The summed E-state index contributed by atoms with van der Waals surface area (Å²) >= 11 is 5.72. The van der Waals surface area contributed by atoms with Crippen LogP contribution in [0.1, 0.15) is 27.7 Å². The lowest BCUT2D eigenvalue weighted by molar-refractivity contribution is -0.128. The smallest absolute Gasteiger partial charge is 0.225 e. The van der Waals surface area contributed by atoms with E-state index in [1.807, 2.05) is 20.8 Å². The Kier molecular flexibility index (Phi) is 5.72. The Morgan fingerprint density at radius 1 is 1.33 bits per heavy atom. The molecule has 0 atom stereocenters. The average molecular weight is 315 g/mol. The van der Waals surface area contributed by atoms with Crippen LogP contribution in [0.5, 0.6) is 0 Å². The van der Waals surface area contributed by atoms with Gasteiger partial charge in [0.2, 0.25) is 11.8 Å². The van der Waals surface area contributed by atoms with Crippen molar-refractivity contribution in [3.05, 3.63) is 29.0 Å². The summed E-state index contributed by atoms with van der Waals surface area (Å²) in [5.41, 5.74) is 0.0131. The van der Waals surface area contributed by atoms with Gasteiger partial charge in [0, 0.05) is 31.1 Å². The number of rotatable bonds is 4. The van der Waals surface area contributed by atoms with Crippen molar-refractivity contribution in [1.29, 1.82) is 0 Å². The van der Waals surface area contributed by atoms with Crippen LogP contribution in [-0.4, -0.2) is 24.9 Å². The molecule has 0 aliphatic rings. The van der Waals surface area contributed by atoms with Gasteiger partial charge in [-0.15, -0.1) is 0 Å². The standard InChI is InChI=1S/C15H20ClFN2O2/c1-10(20)19(8-7-18-14(21)15(2,3)4)11-5-6-13(17)12(16)9-11/h5-6,9H,7-8H2,1-4H3,(H,18,21). The van der Waals surface area contributed by atoms with Crippen molar-refractivity contribution in [3.8, 4) is 0 Å². The van der Waals surface area contributed by atoms with Crippen molar-refractivity contribution in [2.45, 2.75) is 27.7 Å². The molecule has 21 heavy (non-hydrogen) atoms. The van der Waals surface area contributed by atoms with Gasteiger partial charge in [-0.25, -0.2) is 4.39 Å². The molecule has 0 spiro atoms. The average Bonchev–Trinajstić information content (AvgIpc) is 2.36. The molecule has 0 saturated carbocycles. The lowest BCUT2D eigenvalue weighted by Gasteiger charge is -2.23. The number of anilines is 1. The topological polar surface area (TPSA) is 49.4 Å². The Morgan fingerprint density at radius 3 is 2.43 bits per heavy atom. The van der Waals surface area contributed by atoms with Gasteiger partial charge in [0.1, 0.15) is 5.82 Å². The highest BCUT2D eigenvalue weighted by Crippen LogP contribution is 2.22. The summed E-state index contributed by atoms with van der Waals surface area (Å²) in [5.74, 6) is -0.837. The normalized spacial score (nSPS) is 11.1. The fourth-order valence-electron chi connectivity index (χ4n) is 1.67. The highest BCUT2D eigenvalue weighted by Gasteiger charge is 2.21. The van der Waals surface area contributed by atoms with E-state index in [2.05, 4.69) is 5.32 Å². The van der Waals surface area contributed by atoms with Crippen molar-refractivity contribution in [1.82, 2.24) is 5.32 Å². The van der Waals surface area contributed by atoms with Crippen LogP contribution in [-0.2, 0) is 9.59 Å². The van der Waals surface area contributed by atoms with Gasteiger partial charge in [0.15, 0.2) is 0 Å². The van der Waals surface area contributed by atoms with Crippen LogP contribution in [0.2, 0.25) is 5.02 Å². The molecule has 0 unspecified atom stereocenters. The molecule has 1 aromatic rings. The minimum Gasteiger partial charge on any atom is -0.354 e. The summed E-state index contributed by atoms with van der Waals surface area (Å²) < 4.78 is 13.2. The molecule has 0 radical (unpaired) electrons. The number of carbonyl (C=O) groups is 2. The van der Waals surface area contributed by atoms with E-state index in [4.69, 9.17) is 11.6 Å². The van der Waals surface area contributed by atoms with Gasteiger partial charge in [-0.1, -0.05) is 32.4 Å². The van der Waals surface area contributed by atoms with E-state index in [0.29, 0.717) is 18.8 Å². The van der Waals surface area contributed by atoms with Crippen LogP contribution < -0.4 is 10.2 Å². The highest BCUT2D eigenvalue weighted by molar-refractivity contribution is 6.31. The predicted octanol–water partition coefficient (Wildman–Crippen LogP) is 2.99. The van der Waals surface area contributed by atoms with Gasteiger partial charge in [-0.3, -0.25) is 9.59 Å². The minimum absolute atomic E-state index is 0.0440. The molecular weight excluding hydrogens is 295 g/mol. The molecule has 4 nitrogen and oxygen atoms in total. The molecule has 0 saturated heterocycles. The number of carbonyl (C=O) groups excluding carboxylic acids is 2. The lowest BCUT2D eigenvalue weighted by Crippen LogP contribution is -2.41. The number of amides is 2. The fourth-order valence-corrected chi connectivity index (χ4v) is 1.84. The first-order valence-electron chi connectivity index (χ1n) is 6.64. The maximum atomic E-state index is 13.2. The van der Waals surface area contributed by atoms with Crippen molar-refractivity contribution >= 4 is 29.1 Å². The number of hydrogen-bond acceptors (Lipinski definition) is 2. The zero-order valence-corrected chi connectivity index (χ0v) is 13.4. The second-order valence-electron chi connectivity index (χ2n) is 5.77.